The molecular weight excluding hydrogens is 180 g/mol. The Bertz CT molecular complexity index is 229. The smallest absolute Gasteiger partial charge is 0.319 e. The van der Waals surface area contributed by atoms with Crippen molar-refractivity contribution in [1.29, 1.82) is 0 Å². The summed E-state index contributed by atoms with van der Waals surface area (Å²) in [5.41, 5.74) is 0. The lowest BCUT2D eigenvalue weighted by atomic mass is 10.4. The minimum atomic E-state index is 0.0450. The largest absolute Gasteiger partial charge is 0.378 e. The molecule has 0 atom stereocenters. The van der Waals surface area contributed by atoms with Gasteiger partial charge in [0, 0.05) is 33.1 Å². The van der Waals surface area contributed by atoms with Crippen LogP contribution < -0.4 is 0 Å². The number of carbonyl (C=O) groups excluding carboxylic acids is 1. The number of carbonyl (C=O) groups is 1. The topological polar surface area (TPSA) is 32.8 Å². The van der Waals surface area contributed by atoms with Crippen molar-refractivity contribution in [2.45, 2.75) is 6.42 Å². The average Bonchev–Trinajstić information content (AvgIpc) is 2.26. The number of ether oxygens (including phenoxy) is 1. The molecular formula is C10H16N2O2. The fourth-order valence-electron chi connectivity index (χ4n) is 1.32. The van der Waals surface area contributed by atoms with Crippen LogP contribution in [0.15, 0.2) is 0 Å². The Morgan fingerprint density at radius 2 is 2.21 bits per heavy atom. The van der Waals surface area contributed by atoms with E-state index in [0.717, 1.165) is 0 Å². The monoisotopic (exact) mass is 196 g/mol. The van der Waals surface area contributed by atoms with E-state index >= 15 is 0 Å². The summed E-state index contributed by atoms with van der Waals surface area (Å²) in [5.74, 6) is 2.52. The fourth-order valence-corrected chi connectivity index (χ4v) is 1.32. The zero-order valence-corrected chi connectivity index (χ0v) is 8.53. The van der Waals surface area contributed by atoms with Gasteiger partial charge >= 0.3 is 6.03 Å². The van der Waals surface area contributed by atoms with Gasteiger partial charge in [0.05, 0.1) is 13.2 Å². The summed E-state index contributed by atoms with van der Waals surface area (Å²) in [6.07, 6.45) is 5.74. The van der Waals surface area contributed by atoms with Crippen LogP contribution in [0, 0.1) is 12.3 Å². The van der Waals surface area contributed by atoms with Crippen LogP contribution in [0.4, 0.5) is 4.79 Å². The molecule has 4 nitrogen and oxygen atoms in total. The highest BCUT2D eigenvalue weighted by Gasteiger charge is 2.19. The van der Waals surface area contributed by atoms with Gasteiger partial charge < -0.3 is 14.5 Å². The molecule has 14 heavy (non-hydrogen) atoms. The molecule has 1 aliphatic rings. The van der Waals surface area contributed by atoms with E-state index in [1.807, 2.05) is 0 Å². The van der Waals surface area contributed by atoms with Gasteiger partial charge in [0.15, 0.2) is 0 Å². The van der Waals surface area contributed by atoms with Gasteiger partial charge in [0.2, 0.25) is 0 Å². The molecule has 0 aromatic heterocycles. The van der Waals surface area contributed by atoms with E-state index in [1.165, 1.54) is 0 Å². The maximum absolute atomic E-state index is 11.7. The Kier molecular flexibility index (Phi) is 4.27. The molecule has 1 heterocycles. The van der Waals surface area contributed by atoms with Crippen molar-refractivity contribution >= 4 is 6.03 Å². The maximum atomic E-state index is 11.7. The highest BCUT2D eigenvalue weighted by molar-refractivity contribution is 5.74. The van der Waals surface area contributed by atoms with Crippen LogP contribution in [0.1, 0.15) is 6.42 Å². The molecule has 0 aromatic carbocycles. The van der Waals surface area contributed by atoms with Crippen molar-refractivity contribution in [2.75, 3.05) is 39.9 Å². The van der Waals surface area contributed by atoms with Gasteiger partial charge in [-0.1, -0.05) is 0 Å². The molecule has 0 spiro atoms. The molecule has 4 heteroatoms. The second-order valence-corrected chi connectivity index (χ2v) is 3.26. The lowest BCUT2D eigenvalue weighted by Gasteiger charge is -2.30. The van der Waals surface area contributed by atoms with Gasteiger partial charge in [0.25, 0.3) is 0 Å². The molecule has 0 unspecified atom stereocenters. The van der Waals surface area contributed by atoms with Crippen LogP contribution in [-0.2, 0) is 4.74 Å². The first kappa shape index (κ1) is 10.9. The minimum absolute atomic E-state index is 0.0450. The second-order valence-electron chi connectivity index (χ2n) is 3.26. The Morgan fingerprint density at radius 1 is 1.57 bits per heavy atom. The summed E-state index contributed by atoms with van der Waals surface area (Å²) in [4.78, 5) is 15.2. The quantitative estimate of drug-likeness (QED) is 0.599. The molecule has 0 N–H and O–H groups in total. The van der Waals surface area contributed by atoms with Crippen LogP contribution in [0.25, 0.3) is 0 Å². The molecule has 78 valence electrons. The van der Waals surface area contributed by atoms with Crippen molar-refractivity contribution in [2.24, 2.45) is 0 Å². The number of hydrogen-bond donors (Lipinski definition) is 0. The van der Waals surface area contributed by atoms with Gasteiger partial charge in [-0.2, -0.15) is 0 Å². The van der Waals surface area contributed by atoms with E-state index in [0.29, 0.717) is 39.3 Å². The van der Waals surface area contributed by atoms with Crippen molar-refractivity contribution in [3.63, 3.8) is 0 Å². The van der Waals surface area contributed by atoms with Crippen LogP contribution in [0.5, 0.6) is 0 Å². The molecule has 0 saturated carbocycles. The van der Waals surface area contributed by atoms with E-state index in [-0.39, 0.29) is 6.03 Å². The molecule has 1 saturated heterocycles. The molecule has 1 rings (SSSR count). The zero-order valence-electron chi connectivity index (χ0n) is 8.53. The van der Waals surface area contributed by atoms with Crippen molar-refractivity contribution in [3.8, 4) is 12.3 Å². The van der Waals surface area contributed by atoms with E-state index < -0.39 is 0 Å². The molecule has 0 aromatic rings. The number of hydrogen-bond acceptors (Lipinski definition) is 2. The van der Waals surface area contributed by atoms with Gasteiger partial charge in [0.1, 0.15) is 0 Å². The zero-order chi connectivity index (χ0) is 10.4. The van der Waals surface area contributed by atoms with Crippen molar-refractivity contribution in [1.82, 2.24) is 9.80 Å². The molecule has 0 radical (unpaired) electrons. The van der Waals surface area contributed by atoms with E-state index in [4.69, 9.17) is 11.2 Å². The number of amides is 2. The van der Waals surface area contributed by atoms with Gasteiger partial charge in [-0.15, -0.1) is 12.3 Å². The number of nitrogens with zero attached hydrogens (tertiary/aromatic N) is 2. The van der Waals surface area contributed by atoms with E-state index in [9.17, 15) is 4.79 Å². The Hall–Kier alpha value is -1.21. The first-order valence-electron chi connectivity index (χ1n) is 4.77. The molecule has 0 bridgehead atoms. The standard InChI is InChI=1S/C10H16N2O2/c1-3-4-5-11(2)10(13)12-6-8-14-9-7-12/h1H,4-9H2,2H3. The lowest BCUT2D eigenvalue weighted by Crippen LogP contribution is -2.47. The summed E-state index contributed by atoms with van der Waals surface area (Å²) >= 11 is 0. The third-order valence-electron chi connectivity index (χ3n) is 2.20. The summed E-state index contributed by atoms with van der Waals surface area (Å²) in [7, 11) is 1.77. The third kappa shape index (κ3) is 2.93. The summed E-state index contributed by atoms with van der Waals surface area (Å²) in [6, 6.07) is 0.0450. The van der Waals surface area contributed by atoms with Crippen LogP contribution in [-0.4, -0.2) is 55.7 Å². The number of urea groups is 1. The summed E-state index contributed by atoms with van der Waals surface area (Å²) in [6.45, 7) is 3.24. The Morgan fingerprint density at radius 3 is 2.79 bits per heavy atom. The summed E-state index contributed by atoms with van der Waals surface area (Å²) in [5, 5.41) is 0. The molecule has 0 aliphatic carbocycles. The average molecular weight is 196 g/mol. The van der Waals surface area contributed by atoms with Gasteiger partial charge in [-0.05, 0) is 0 Å². The Balaban J connectivity index is 2.35. The van der Waals surface area contributed by atoms with Gasteiger partial charge in [-0.25, -0.2) is 4.79 Å². The van der Waals surface area contributed by atoms with Crippen molar-refractivity contribution < 1.29 is 9.53 Å². The summed E-state index contributed by atoms with van der Waals surface area (Å²) < 4.78 is 5.17. The number of terminal acetylenes is 1. The number of rotatable bonds is 2. The maximum Gasteiger partial charge on any atom is 0.319 e. The fraction of sp³-hybridized carbons (Fsp3) is 0.700. The number of morpholine rings is 1. The Labute approximate surface area is 84.8 Å². The SMILES string of the molecule is C#CCCN(C)C(=O)N1CCOCC1. The van der Waals surface area contributed by atoms with Crippen molar-refractivity contribution in [3.05, 3.63) is 0 Å². The first-order chi connectivity index (χ1) is 6.75. The van der Waals surface area contributed by atoms with Crippen LogP contribution in [0.3, 0.4) is 0 Å². The highest BCUT2D eigenvalue weighted by atomic mass is 16.5. The molecule has 1 fully saturated rings. The van der Waals surface area contributed by atoms with E-state index in [2.05, 4.69) is 5.92 Å². The molecule has 2 amide bonds. The molecule has 1 aliphatic heterocycles. The van der Waals surface area contributed by atoms with E-state index in [1.54, 1.807) is 16.8 Å². The first-order valence-corrected chi connectivity index (χ1v) is 4.77. The predicted molar refractivity (Wildman–Crippen MR) is 53.9 cm³/mol. The second kappa shape index (κ2) is 5.51. The minimum Gasteiger partial charge on any atom is -0.378 e. The predicted octanol–water partition coefficient (Wildman–Crippen LogP) is 0.394. The normalized spacial score (nSPS) is 16.1. The van der Waals surface area contributed by atoms with Gasteiger partial charge in [-0.3, -0.25) is 0 Å². The highest BCUT2D eigenvalue weighted by Crippen LogP contribution is 2.01. The van der Waals surface area contributed by atoms with Crippen LogP contribution >= 0.6 is 0 Å². The third-order valence-corrected chi connectivity index (χ3v) is 2.20. The lowest BCUT2D eigenvalue weighted by molar-refractivity contribution is 0.0455. The van der Waals surface area contributed by atoms with Crippen LogP contribution in [0.2, 0.25) is 0 Å².